The quantitative estimate of drug-likeness (QED) is 0.665. The Morgan fingerprint density at radius 1 is 1.34 bits per heavy atom. The number of carbonyl (C=O) groups excluding carboxylic acids is 1. The van der Waals surface area contributed by atoms with Gasteiger partial charge in [0.2, 0.25) is 0 Å². The maximum absolute atomic E-state index is 12.1. The highest BCUT2D eigenvalue weighted by molar-refractivity contribution is 6.32. The molecule has 0 radical (unpaired) electrons. The molecule has 1 saturated heterocycles. The summed E-state index contributed by atoms with van der Waals surface area (Å²) >= 11 is 6.36. The van der Waals surface area contributed by atoms with Crippen LogP contribution in [0.15, 0.2) is 24.4 Å². The number of aromatic nitrogens is 2. The van der Waals surface area contributed by atoms with Crippen LogP contribution in [-0.2, 0) is 18.3 Å². The summed E-state index contributed by atoms with van der Waals surface area (Å²) < 4.78 is 13.0. The molecule has 2 aromatic rings. The fraction of sp³-hybridized carbons (Fsp3) is 0.524. The van der Waals surface area contributed by atoms with E-state index in [0.717, 1.165) is 32.5 Å². The van der Waals surface area contributed by atoms with Crippen LogP contribution in [0, 0.1) is 6.92 Å². The molecule has 8 heteroatoms. The summed E-state index contributed by atoms with van der Waals surface area (Å²) in [5.41, 5.74) is 3.00. The standard InChI is InChI=1S/C21H29ClN4O3/c1-15-17(13-24-25(15)2)14-26-9-6-18(7-10-26)29-20-5-4-16(12-19(20)22)21(27)23-8-11-28-3/h4-5,12-13,18H,6-11,14H2,1-3H3,(H,23,27). The van der Waals surface area contributed by atoms with E-state index in [0.29, 0.717) is 29.5 Å². The number of hydrogen-bond donors (Lipinski definition) is 1. The van der Waals surface area contributed by atoms with E-state index in [4.69, 9.17) is 21.1 Å². The summed E-state index contributed by atoms with van der Waals surface area (Å²) in [6.07, 6.45) is 3.95. The van der Waals surface area contributed by atoms with Gasteiger partial charge in [-0.25, -0.2) is 0 Å². The maximum atomic E-state index is 12.1. The molecule has 29 heavy (non-hydrogen) atoms. The molecule has 1 aliphatic rings. The van der Waals surface area contributed by atoms with Gasteiger partial charge in [0.25, 0.3) is 5.91 Å². The molecule has 1 N–H and O–H groups in total. The molecule has 1 fully saturated rings. The second kappa shape index (κ2) is 10.1. The normalized spacial score (nSPS) is 15.4. The highest BCUT2D eigenvalue weighted by atomic mass is 35.5. The van der Waals surface area contributed by atoms with Crippen LogP contribution in [0.25, 0.3) is 0 Å². The van der Waals surface area contributed by atoms with Crippen LogP contribution in [0.1, 0.15) is 34.5 Å². The van der Waals surface area contributed by atoms with E-state index in [2.05, 4.69) is 22.2 Å². The number of methoxy groups -OCH3 is 1. The molecule has 1 amide bonds. The predicted molar refractivity (Wildman–Crippen MR) is 113 cm³/mol. The monoisotopic (exact) mass is 420 g/mol. The lowest BCUT2D eigenvalue weighted by Gasteiger charge is -2.32. The lowest BCUT2D eigenvalue weighted by atomic mass is 10.1. The number of piperidine rings is 1. The second-order valence-corrected chi connectivity index (χ2v) is 7.77. The number of likely N-dealkylation sites (tertiary alicyclic amines) is 1. The van der Waals surface area contributed by atoms with Crippen molar-refractivity contribution >= 4 is 17.5 Å². The molecule has 0 atom stereocenters. The topological polar surface area (TPSA) is 68.6 Å². The Hall–Kier alpha value is -2.09. The summed E-state index contributed by atoms with van der Waals surface area (Å²) in [7, 11) is 3.57. The zero-order valence-electron chi connectivity index (χ0n) is 17.3. The lowest BCUT2D eigenvalue weighted by Crippen LogP contribution is -2.37. The van der Waals surface area contributed by atoms with E-state index in [-0.39, 0.29) is 12.0 Å². The highest BCUT2D eigenvalue weighted by Crippen LogP contribution is 2.29. The van der Waals surface area contributed by atoms with E-state index in [1.54, 1.807) is 25.3 Å². The van der Waals surface area contributed by atoms with Crippen molar-refractivity contribution in [2.45, 2.75) is 32.4 Å². The highest BCUT2D eigenvalue weighted by Gasteiger charge is 2.22. The summed E-state index contributed by atoms with van der Waals surface area (Å²) in [6.45, 7) is 5.89. The fourth-order valence-electron chi connectivity index (χ4n) is 3.41. The van der Waals surface area contributed by atoms with Crippen LogP contribution in [0.5, 0.6) is 5.75 Å². The Morgan fingerprint density at radius 2 is 2.10 bits per heavy atom. The van der Waals surface area contributed by atoms with Crippen molar-refractivity contribution in [1.29, 1.82) is 0 Å². The summed E-state index contributed by atoms with van der Waals surface area (Å²) in [5.74, 6) is 0.455. The zero-order valence-corrected chi connectivity index (χ0v) is 18.0. The number of halogens is 1. The number of ether oxygens (including phenoxy) is 2. The van der Waals surface area contributed by atoms with Gasteiger partial charge >= 0.3 is 0 Å². The molecule has 2 heterocycles. The summed E-state index contributed by atoms with van der Waals surface area (Å²) in [6, 6.07) is 5.17. The number of nitrogens with one attached hydrogen (secondary N) is 1. The van der Waals surface area contributed by atoms with Crippen molar-refractivity contribution in [3.05, 3.63) is 46.2 Å². The summed E-state index contributed by atoms with van der Waals surface area (Å²) in [5, 5.41) is 7.56. The van der Waals surface area contributed by atoms with Gasteiger partial charge in [0.05, 0.1) is 17.8 Å². The molecular formula is C21H29ClN4O3. The summed E-state index contributed by atoms with van der Waals surface area (Å²) in [4.78, 5) is 14.5. The molecule has 0 aliphatic carbocycles. The SMILES string of the molecule is COCCNC(=O)c1ccc(OC2CCN(Cc3cnn(C)c3C)CC2)c(Cl)c1. The minimum absolute atomic E-state index is 0.125. The van der Waals surface area contributed by atoms with E-state index < -0.39 is 0 Å². The van der Waals surface area contributed by atoms with Gasteiger partial charge < -0.3 is 14.8 Å². The van der Waals surface area contributed by atoms with Crippen molar-refractivity contribution in [2.75, 3.05) is 33.4 Å². The largest absolute Gasteiger partial charge is 0.489 e. The first-order valence-electron chi connectivity index (χ1n) is 9.91. The van der Waals surface area contributed by atoms with Gasteiger partial charge in [0, 0.05) is 57.2 Å². The smallest absolute Gasteiger partial charge is 0.251 e. The van der Waals surface area contributed by atoms with Crippen molar-refractivity contribution in [1.82, 2.24) is 20.0 Å². The molecule has 1 aromatic carbocycles. The van der Waals surface area contributed by atoms with Gasteiger partial charge in [0.1, 0.15) is 11.9 Å². The van der Waals surface area contributed by atoms with Gasteiger partial charge in [0.15, 0.2) is 0 Å². The average Bonchev–Trinajstić information content (AvgIpc) is 3.03. The number of benzene rings is 1. The number of aryl methyl sites for hydroxylation is 1. The van der Waals surface area contributed by atoms with Gasteiger partial charge in [-0.2, -0.15) is 5.10 Å². The van der Waals surface area contributed by atoms with Crippen molar-refractivity contribution in [3.63, 3.8) is 0 Å². The van der Waals surface area contributed by atoms with Crippen LogP contribution in [0.4, 0.5) is 0 Å². The number of amides is 1. The first kappa shape index (κ1) is 21.6. The molecule has 0 bridgehead atoms. The molecule has 0 spiro atoms. The van der Waals surface area contributed by atoms with Gasteiger partial charge in [-0.3, -0.25) is 14.4 Å². The Balaban J connectivity index is 1.49. The zero-order chi connectivity index (χ0) is 20.8. The van der Waals surface area contributed by atoms with E-state index >= 15 is 0 Å². The van der Waals surface area contributed by atoms with Gasteiger partial charge in [-0.05, 0) is 38.0 Å². The van der Waals surface area contributed by atoms with Crippen LogP contribution in [-0.4, -0.2) is 60.0 Å². The van der Waals surface area contributed by atoms with Gasteiger partial charge in [-0.15, -0.1) is 0 Å². The minimum atomic E-state index is -0.172. The molecular weight excluding hydrogens is 392 g/mol. The third-order valence-corrected chi connectivity index (χ3v) is 5.64. The lowest BCUT2D eigenvalue weighted by molar-refractivity contribution is 0.0935. The first-order chi connectivity index (χ1) is 14.0. The third-order valence-electron chi connectivity index (χ3n) is 5.34. The molecule has 1 aliphatic heterocycles. The van der Waals surface area contributed by atoms with Crippen LogP contribution in [0.2, 0.25) is 5.02 Å². The van der Waals surface area contributed by atoms with E-state index in [9.17, 15) is 4.79 Å². The Morgan fingerprint density at radius 3 is 2.72 bits per heavy atom. The van der Waals surface area contributed by atoms with Crippen LogP contribution >= 0.6 is 11.6 Å². The van der Waals surface area contributed by atoms with Crippen molar-refractivity contribution in [3.8, 4) is 5.75 Å². The molecule has 0 saturated carbocycles. The number of nitrogens with zero attached hydrogens (tertiary/aromatic N) is 3. The van der Waals surface area contributed by atoms with Crippen molar-refractivity contribution < 1.29 is 14.3 Å². The number of carbonyl (C=O) groups is 1. The Bertz CT molecular complexity index is 831. The number of rotatable bonds is 8. The minimum Gasteiger partial charge on any atom is -0.489 e. The molecule has 158 valence electrons. The Labute approximate surface area is 176 Å². The molecule has 7 nitrogen and oxygen atoms in total. The second-order valence-electron chi connectivity index (χ2n) is 7.37. The van der Waals surface area contributed by atoms with E-state index in [1.807, 2.05) is 17.9 Å². The maximum Gasteiger partial charge on any atom is 0.251 e. The molecule has 0 unspecified atom stereocenters. The molecule has 1 aromatic heterocycles. The number of hydrogen-bond acceptors (Lipinski definition) is 5. The molecule has 3 rings (SSSR count). The van der Waals surface area contributed by atoms with Crippen LogP contribution < -0.4 is 10.1 Å². The fourth-order valence-corrected chi connectivity index (χ4v) is 3.64. The van der Waals surface area contributed by atoms with E-state index in [1.165, 1.54) is 11.3 Å². The van der Waals surface area contributed by atoms with Crippen molar-refractivity contribution in [2.24, 2.45) is 7.05 Å². The Kier molecular flexibility index (Phi) is 7.52. The first-order valence-corrected chi connectivity index (χ1v) is 10.3. The average molecular weight is 421 g/mol. The van der Waals surface area contributed by atoms with Crippen LogP contribution in [0.3, 0.4) is 0 Å². The predicted octanol–water partition coefficient (Wildman–Crippen LogP) is 2.80. The third kappa shape index (κ3) is 5.72. The van der Waals surface area contributed by atoms with Gasteiger partial charge in [-0.1, -0.05) is 11.6 Å².